The molecule has 0 spiro atoms. The van der Waals surface area contributed by atoms with Crippen molar-refractivity contribution < 1.29 is 18.0 Å². The van der Waals surface area contributed by atoms with Gasteiger partial charge in [-0.2, -0.15) is 0 Å². The molecule has 0 radical (unpaired) electrons. The van der Waals surface area contributed by atoms with E-state index < -0.39 is 23.2 Å². The fourth-order valence-corrected chi connectivity index (χ4v) is 2.26. The largest absolute Gasteiger partial charge is 0.294 e. The van der Waals surface area contributed by atoms with Crippen LogP contribution in [0.15, 0.2) is 30.3 Å². The lowest BCUT2D eigenvalue weighted by atomic mass is 9.97. The molecular weight excluding hydrogens is 265 g/mol. The van der Waals surface area contributed by atoms with Crippen LogP contribution in [0, 0.1) is 31.3 Å². The van der Waals surface area contributed by atoms with Crippen molar-refractivity contribution in [1.82, 2.24) is 0 Å². The van der Waals surface area contributed by atoms with Crippen LogP contribution in [-0.4, -0.2) is 5.78 Å². The molecule has 0 unspecified atom stereocenters. The van der Waals surface area contributed by atoms with E-state index >= 15 is 0 Å². The van der Waals surface area contributed by atoms with Crippen molar-refractivity contribution in [3.63, 3.8) is 0 Å². The van der Waals surface area contributed by atoms with E-state index in [9.17, 15) is 18.0 Å². The molecule has 0 bridgehead atoms. The molecule has 104 valence electrons. The summed E-state index contributed by atoms with van der Waals surface area (Å²) >= 11 is 0. The number of carbonyl (C=O) groups excluding carboxylic acids is 1. The van der Waals surface area contributed by atoms with Crippen molar-refractivity contribution in [3.05, 3.63) is 70.0 Å². The number of halogens is 3. The Hall–Kier alpha value is -2.10. The van der Waals surface area contributed by atoms with Crippen molar-refractivity contribution in [2.45, 2.75) is 20.3 Å². The summed E-state index contributed by atoms with van der Waals surface area (Å²) in [5, 5.41) is 0. The Balaban J connectivity index is 2.33. The van der Waals surface area contributed by atoms with Gasteiger partial charge in [0.25, 0.3) is 0 Å². The number of hydrogen-bond acceptors (Lipinski definition) is 1. The highest BCUT2D eigenvalue weighted by Gasteiger charge is 2.16. The van der Waals surface area contributed by atoms with E-state index in [1.54, 1.807) is 19.9 Å². The number of carbonyl (C=O) groups is 1. The van der Waals surface area contributed by atoms with Crippen molar-refractivity contribution in [1.29, 1.82) is 0 Å². The molecule has 0 aliphatic carbocycles. The third-order valence-electron chi connectivity index (χ3n) is 3.00. The highest BCUT2D eigenvalue weighted by atomic mass is 19.1. The minimum Gasteiger partial charge on any atom is -0.294 e. The van der Waals surface area contributed by atoms with Gasteiger partial charge in [0.05, 0.1) is 5.56 Å². The van der Waals surface area contributed by atoms with E-state index in [1.807, 2.05) is 0 Å². The van der Waals surface area contributed by atoms with E-state index in [2.05, 4.69) is 0 Å². The first-order chi connectivity index (χ1) is 9.36. The van der Waals surface area contributed by atoms with Crippen molar-refractivity contribution in [2.24, 2.45) is 0 Å². The molecule has 0 heterocycles. The summed E-state index contributed by atoms with van der Waals surface area (Å²) in [5.41, 5.74) is 1.39. The van der Waals surface area contributed by atoms with Crippen LogP contribution in [-0.2, 0) is 6.42 Å². The molecule has 0 aromatic heterocycles. The molecule has 0 fully saturated rings. The first kappa shape index (κ1) is 14.3. The van der Waals surface area contributed by atoms with Crippen LogP contribution in [0.5, 0.6) is 0 Å². The second kappa shape index (κ2) is 5.49. The fraction of sp³-hybridized carbons (Fsp3) is 0.188. The molecular formula is C16H13F3O. The molecule has 20 heavy (non-hydrogen) atoms. The maximum Gasteiger partial charge on any atom is 0.170 e. The Labute approximate surface area is 115 Å². The van der Waals surface area contributed by atoms with Gasteiger partial charge in [0.1, 0.15) is 17.5 Å². The van der Waals surface area contributed by atoms with Gasteiger partial charge in [-0.15, -0.1) is 0 Å². The summed E-state index contributed by atoms with van der Waals surface area (Å²) in [5.74, 6) is -2.61. The van der Waals surface area contributed by atoms with Crippen molar-refractivity contribution in [2.75, 3.05) is 0 Å². The van der Waals surface area contributed by atoms with E-state index in [0.717, 1.165) is 18.2 Å². The summed E-state index contributed by atoms with van der Waals surface area (Å²) in [6.07, 6.45) is -0.241. The molecule has 2 rings (SSSR count). The number of ketones is 1. The average Bonchev–Trinajstić information content (AvgIpc) is 2.25. The standard InChI is InChI=1S/C16H13F3O/c1-9-3-10(2)16(14(19)4-9)15(20)7-11-5-12(17)8-13(18)6-11/h3-6,8H,7H2,1-2H3. The molecule has 2 aromatic rings. The second-order valence-electron chi connectivity index (χ2n) is 4.82. The summed E-state index contributed by atoms with van der Waals surface area (Å²) in [4.78, 5) is 12.1. The second-order valence-corrected chi connectivity index (χ2v) is 4.82. The maximum absolute atomic E-state index is 13.9. The number of rotatable bonds is 3. The SMILES string of the molecule is Cc1cc(C)c(C(=O)Cc2cc(F)cc(F)c2)c(F)c1. The van der Waals surface area contributed by atoms with Gasteiger partial charge in [-0.3, -0.25) is 4.79 Å². The first-order valence-corrected chi connectivity index (χ1v) is 6.11. The zero-order chi connectivity index (χ0) is 14.9. The Bertz CT molecular complexity index is 634. The molecule has 4 heteroatoms. The normalized spacial score (nSPS) is 10.7. The molecule has 0 N–H and O–H groups in total. The van der Waals surface area contributed by atoms with Crippen LogP contribution in [0.2, 0.25) is 0 Å². The number of benzene rings is 2. The number of Topliss-reactive ketones (excluding diaryl/α,β-unsaturated/α-hetero) is 1. The third-order valence-corrected chi connectivity index (χ3v) is 3.00. The smallest absolute Gasteiger partial charge is 0.170 e. The Morgan fingerprint density at radius 3 is 2.10 bits per heavy atom. The van der Waals surface area contributed by atoms with Gasteiger partial charge in [0, 0.05) is 12.5 Å². The minimum atomic E-state index is -0.756. The average molecular weight is 278 g/mol. The van der Waals surface area contributed by atoms with Gasteiger partial charge in [-0.1, -0.05) is 6.07 Å². The zero-order valence-corrected chi connectivity index (χ0v) is 11.1. The molecule has 0 saturated carbocycles. The van der Waals surface area contributed by atoms with Gasteiger partial charge in [-0.25, -0.2) is 13.2 Å². The third kappa shape index (κ3) is 3.07. The molecule has 1 nitrogen and oxygen atoms in total. The lowest BCUT2D eigenvalue weighted by Crippen LogP contribution is -2.09. The monoisotopic (exact) mass is 278 g/mol. The van der Waals surface area contributed by atoms with Crippen LogP contribution < -0.4 is 0 Å². The van der Waals surface area contributed by atoms with E-state index in [4.69, 9.17) is 0 Å². The number of hydrogen-bond donors (Lipinski definition) is 0. The van der Waals surface area contributed by atoms with Crippen LogP contribution in [0.1, 0.15) is 27.0 Å². The van der Waals surface area contributed by atoms with E-state index in [-0.39, 0.29) is 17.5 Å². The lowest BCUT2D eigenvalue weighted by Gasteiger charge is -2.08. The molecule has 0 aliphatic heterocycles. The minimum absolute atomic E-state index is 0.0275. The zero-order valence-electron chi connectivity index (χ0n) is 11.1. The summed E-state index contributed by atoms with van der Waals surface area (Å²) in [6, 6.07) is 5.84. The maximum atomic E-state index is 13.9. The summed E-state index contributed by atoms with van der Waals surface area (Å²) in [7, 11) is 0. The Morgan fingerprint density at radius 2 is 1.55 bits per heavy atom. The Kier molecular flexibility index (Phi) is 3.93. The van der Waals surface area contributed by atoms with E-state index in [1.165, 1.54) is 6.07 Å². The van der Waals surface area contributed by atoms with Gasteiger partial charge in [0.2, 0.25) is 0 Å². The predicted molar refractivity (Wildman–Crippen MR) is 70.3 cm³/mol. The van der Waals surface area contributed by atoms with Crippen LogP contribution in [0.4, 0.5) is 13.2 Å². The fourth-order valence-electron chi connectivity index (χ4n) is 2.26. The van der Waals surface area contributed by atoms with E-state index in [0.29, 0.717) is 11.1 Å². The summed E-state index contributed by atoms with van der Waals surface area (Å²) in [6.45, 7) is 3.36. The van der Waals surface area contributed by atoms with Crippen LogP contribution in [0.25, 0.3) is 0 Å². The van der Waals surface area contributed by atoms with Gasteiger partial charge in [0.15, 0.2) is 5.78 Å². The molecule has 0 atom stereocenters. The van der Waals surface area contributed by atoms with Crippen LogP contribution >= 0.6 is 0 Å². The predicted octanol–water partition coefficient (Wildman–Crippen LogP) is 4.15. The molecule has 0 saturated heterocycles. The highest BCUT2D eigenvalue weighted by Crippen LogP contribution is 2.19. The Morgan fingerprint density at radius 1 is 0.950 bits per heavy atom. The summed E-state index contributed by atoms with van der Waals surface area (Å²) < 4.78 is 40.0. The van der Waals surface area contributed by atoms with Gasteiger partial charge >= 0.3 is 0 Å². The van der Waals surface area contributed by atoms with Crippen LogP contribution in [0.3, 0.4) is 0 Å². The first-order valence-electron chi connectivity index (χ1n) is 6.11. The van der Waals surface area contributed by atoms with Gasteiger partial charge < -0.3 is 0 Å². The molecule has 0 amide bonds. The molecule has 2 aromatic carbocycles. The lowest BCUT2D eigenvalue weighted by molar-refractivity contribution is 0.0988. The molecule has 0 aliphatic rings. The highest BCUT2D eigenvalue weighted by molar-refractivity contribution is 5.99. The van der Waals surface area contributed by atoms with Crippen molar-refractivity contribution >= 4 is 5.78 Å². The topological polar surface area (TPSA) is 17.1 Å². The number of aryl methyl sites for hydroxylation is 2. The van der Waals surface area contributed by atoms with Crippen molar-refractivity contribution in [3.8, 4) is 0 Å². The quantitative estimate of drug-likeness (QED) is 0.771. The van der Waals surface area contributed by atoms with Gasteiger partial charge in [-0.05, 0) is 48.7 Å².